The van der Waals surface area contributed by atoms with Crippen LogP contribution in [-0.4, -0.2) is 45.7 Å². The van der Waals surface area contributed by atoms with Gasteiger partial charge in [-0.2, -0.15) is 0 Å². The second kappa shape index (κ2) is 8.21. The van der Waals surface area contributed by atoms with Gasteiger partial charge in [0, 0.05) is 20.1 Å². The zero-order chi connectivity index (χ0) is 17.6. The maximum absolute atomic E-state index is 13.2. The van der Waals surface area contributed by atoms with Crippen LogP contribution in [0.3, 0.4) is 0 Å². The fourth-order valence-corrected chi connectivity index (χ4v) is 2.35. The van der Waals surface area contributed by atoms with Crippen LogP contribution in [0.5, 0.6) is 0 Å². The molecule has 6 nitrogen and oxygen atoms in total. The molecule has 2 N–H and O–H groups in total. The minimum absolute atomic E-state index is 0.224. The van der Waals surface area contributed by atoms with Crippen molar-refractivity contribution in [3.63, 3.8) is 0 Å². The lowest BCUT2D eigenvalue weighted by atomic mass is 10.1. The number of rotatable bonds is 7. The normalized spacial score (nSPS) is 12.7. The Bertz CT molecular complexity index is 653. The summed E-state index contributed by atoms with van der Waals surface area (Å²) in [6.45, 7) is 2.20. The fourth-order valence-electron chi connectivity index (χ4n) is 1.84. The number of nitrogens with zero attached hydrogens (tertiary/aromatic N) is 1. The molecule has 0 aliphatic rings. The highest BCUT2D eigenvalue weighted by Crippen LogP contribution is 2.20. The Morgan fingerprint density at radius 1 is 1.26 bits per heavy atom. The highest BCUT2D eigenvalue weighted by Gasteiger charge is 2.18. The van der Waals surface area contributed by atoms with Crippen LogP contribution in [0.1, 0.15) is 24.9 Å². The predicted octanol–water partition coefficient (Wildman–Crippen LogP) is 1.61. The molecule has 2 amide bonds. The molecule has 0 heterocycles. The van der Waals surface area contributed by atoms with Crippen LogP contribution < -0.4 is 10.0 Å². The van der Waals surface area contributed by atoms with Gasteiger partial charge in [0.2, 0.25) is 10.0 Å². The van der Waals surface area contributed by atoms with Crippen LogP contribution in [0.2, 0.25) is 0 Å². The van der Waals surface area contributed by atoms with Gasteiger partial charge in [0.15, 0.2) is 11.6 Å². The minimum Gasteiger partial charge on any atom is -0.338 e. The summed E-state index contributed by atoms with van der Waals surface area (Å²) in [5.74, 6) is -1.90. The summed E-state index contributed by atoms with van der Waals surface area (Å²) in [6, 6.07) is 2.66. The van der Waals surface area contributed by atoms with Crippen molar-refractivity contribution in [3.8, 4) is 0 Å². The van der Waals surface area contributed by atoms with Crippen molar-refractivity contribution in [1.29, 1.82) is 0 Å². The van der Waals surface area contributed by atoms with Gasteiger partial charge in [0.1, 0.15) is 0 Å². The number of carbonyl (C=O) groups is 1. The molecule has 1 rings (SSSR count). The van der Waals surface area contributed by atoms with E-state index in [4.69, 9.17) is 0 Å². The van der Waals surface area contributed by atoms with E-state index in [1.807, 2.05) is 0 Å². The topological polar surface area (TPSA) is 78.5 Å². The van der Waals surface area contributed by atoms with Gasteiger partial charge in [0.05, 0.1) is 12.3 Å². The monoisotopic (exact) mass is 349 g/mol. The fraction of sp³-hybridized carbons (Fsp3) is 0.500. The Morgan fingerprint density at radius 2 is 1.91 bits per heavy atom. The molecule has 23 heavy (non-hydrogen) atoms. The summed E-state index contributed by atoms with van der Waals surface area (Å²) >= 11 is 0. The van der Waals surface area contributed by atoms with Gasteiger partial charge < -0.3 is 10.2 Å². The van der Waals surface area contributed by atoms with Gasteiger partial charge in [-0.15, -0.1) is 0 Å². The van der Waals surface area contributed by atoms with Gasteiger partial charge in [0.25, 0.3) is 0 Å². The molecule has 0 saturated heterocycles. The van der Waals surface area contributed by atoms with Crippen LogP contribution in [-0.2, 0) is 10.0 Å². The zero-order valence-corrected chi connectivity index (χ0v) is 14.1. The van der Waals surface area contributed by atoms with E-state index in [9.17, 15) is 22.0 Å². The Hall–Kier alpha value is -1.74. The first-order valence-electron chi connectivity index (χ1n) is 7.02. The first-order chi connectivity index (χ1) is 10.6. The molecule has 1 aromatic rings. The molecular weight excluding hydrogens is 328 g/mol. The second-order valence-electron chi connectivity index (χ2n) is 5.21. The van der Waals surface area contributed by atoms with E-state index in [0.717, 1.165) is 18.4 Å². The third-order valence-electron chi connectivity index (χ3n) is 3.32. The van der Waals surface area contributed by atoms with Crippen LogP contribution in [0, 0.1) is 11.6 Å². The van der Waals surface area contributed by atoms with E-state index in [0.29, 0.717) is 12.0 Å². The van der Waals surface area contributed by atoms with E-state index < -0.39 is 27.7 Å². The van der Waals surface area contributed by atoms with Crippen LogP contribution in [0.4, 0.5) is 13.6 Å². The van der Waals surface area contributed by atoms with Crippen molar-refractivity contribution >= 4 is 16.1 Å². The van der Waals surface area contributed by atoms with Gasteiger partial charge >= 0.3 is 6.03 Å². The van der Waals surface area contributed by atoms with E-state index in [-0.39, 0.29) is 19.1 Å². The van der Waals surface area contributed by atoms with E-state index in [1.54, 1.807) is 6.92 Å². The van der Waals surface area contributed by atoms with Crippen molar-refractivity contribution in [2.45, 2.75) is 19.4 Å². The maximum atomic E-state index is 13.2. The highest BCUT2D eigenvalue weighted by molar-refractivity contribution is 7.88. The molecule has 0 fully saturated rings. The zero-order valence-electron chi connectivity index (χ0n) is 13.3. The first-order valence-corrected chi connectivity index (χ1v) is 8.91. The molecular formula is C14H21F2N3O3S. The lowest BCUT2D eigenvalue weighted by Gasteiger charge is -2.25. The molecule has 0 bridgehead atoms. The standard InChI is InChI=1S/C14H21F2N3O3S/c1-10(11-5-6-12(15)13(16)9-11)19(2)14(20)17-7-4-8-18-23(3,21)22/h5-6,9-10,18H,4,7-8H2,1-3H3,(H,17,20)/t10-/m1/s1. The first kappa shape index (κ1) is 19.3. The molecule has 0 aliphatic carbocycles. The molecule has 1 aromatic carbocycles. The summed E-state index contributed by atoms with van der Waals surface area (Å²) in [4.78, 5) is 13.3. The Kier molecular flexibility index (Phi) is 6.89. The van der Waals surface area contributed by atoms with Crippen molar-refractivity contribution in [3.05, 3.63) is 35.4 Å². The Labute approximate surface area is 134 Å². The smallest absolute Gasteiger partial charge is 0.317 e. The van der Waals surface area contributed by atoms with Crippen LogP contribution >= 0.6 is 0 Å². The molecule has 0 saturated carbocycles. The lowest BCUT2D eigenvalue weighted by Crippen LogP contribution is -2.40. The van der Waals surface area contributed by atoms with Crippen LogP contribution in [0.15, 0.2) is 18.2 Å². The van der Waals surface area contributed by atoms with Crippen LogP contribution in [0.25, 0.3) is 0 Å². The summed E-state index contributed by atoms with van der Waals surface area (Å²) in [5, 5.41) is 2.63. The summed E-state index contributed by atoms with van der Waals surface area (Å²) in [7, 11) is -1.70. The van der Waals surface area contributed by atoms with E-state index >= 15 is 0 Å². The minimum atomic E-state index is -3.24. The molecule has 130 valence electrons. The number of sulfonamides is 1. The maximum Gasteiger partial charge on any atom is 0.317 e. The molecule has 1 atom stereocenters. The Morgan fingerprint density at radius 3 is 2.48 bits per heavy atom. The Balaban J connectivity index is 2.47. The average molecular weight is 349 g/mol. The van der Waals surface area contributed by atoms with Gasteiger partial charge in [-0.25, -0.2) is 26.7 Å². The number of benzene rings is 1. The average Bonchev–Trinajstić information content (AvgIpc) is 2.46. The number of halogens is 2. The van der Waals surface area contributed by atoms with Crippen molar-refractivity contribution in [2.24, 2.45) is 0 Å². The number of nitrogens with one attached hydrogen (secondary N) is 2. The van der Waals surface area contributed by atoms with Gasteiger partial charge in [-0.1, -0.05) is 6.07 Å². The quantitative estimate of drug-likeness (QED) is 0.734. The lowest BCUT2D eigenvalue weighted by molar-refractivity contribution is 0.194. The number of hydrogen-bond donors (Lipinski definition) is 2. The van der Waals surface area contributed by atoms with E-state index in [2.05, 4.69) is 10.0 Å². The molecule has 0 spiro atoms. The largest absolute Gasteiger partial charge is 0.338 e. The predicted molar refractivity (Wildman–Crippen MR) is 83.4 cm³/mol. The third-order valence-corrected chi connectivity index (χ3v) is 4.05. The van der Waals surface area contributed by atoms with Crippen molar-refractivity contribution in [1.82, 2.24) is 14.9 Å². The molecule has 0 aliphatic heterocycles. The van der Waals surface area contributed by atoms with Gasteiger partial charge in [-0.3, -0.25) is 0 Å². The number of hydrogen-bond acceptors (Lipinski definition) is 3. The summed E-state index contributed by atoms with van der Waals surface area (Å²) in [5.41, 5.74) is 0.472. The molecule has 0 unspecified atom stereocenters. The second-order valence-corrected chi connectivity index (χ2v) is 7.05. The van der Waals surface area contributed by atoms with Gasteiger partial charge in [-0.05, 0) is 31.0 Å². The number of amides is 2. The summed E-state index contributed by atoms with van der Waals surface area (Å²) in [6.07, 6.45) is 1.50. The number of urea groups is 1. The molecule has 0 aromatic heterocycles. The molecule has 0 radical (unpaired) electrons. The summed E-state index contributed by atoms with van der Waals surface area (Å²) < 4.78 is 50.2. The third kappa shape index (κ3) is 6.49. The highest BCUT2D eigenvalue weighted by atomic mass is 32.2. The van der Waals surface area contributed by atoms with E-state index in [1.165, 1.54) is 18.0 Å². The SMILES string of the molecule is C[C@H](c1ccc(F)c(F)c1)N(C)C(=O)NCCCNS(C)(=O)=O. The number of carbonyl (C=O) groups excluding carboxylic acids is 1. The van der Waals surface area contributed by atoms with Crippen molar-refractivity contribution < 1.29 is 22.0 Å². The van der Waals surface area contributed by atoms with Crippen molar-refractivity contribution in [2.75, 3.05) is 26.4 Å². The molecule has 9 heteroatoms.